The number of fused-ring (bicyclic) bond motifs is 3. The van der Waals surface area contributed by atoms with E-state index in [0.717, 1.165) is 25.7 Å². The first-order chi connectivity index (χ1) is 11.5. The summed E-state index contributed by atoms with van der Waals surface area (Å²) in [7, 11) is 1.77. The van der Waals surface area contributed by atoms with Crippen molar-refractivity contribution in [1.29, 1.82) is 0 Å². The molecular formula is C22H36O3. The van der Waals surface area contributed by atoms with E-state index in [0.29, 0.717) is 12.2 Å². The van der Waals surface area contributed by atoms with Gasteiger partial charge in [0.05, 0.1) is 11.7 Å². The van der Waals surface area contributed by atoms with Crippen LogP contribution in [0.2, 0.25) is 0 Å². The number of ether oxygens (including phenoxy) is 1. The molecule has 3 rings (SSSR count). The van der Waals surface area contributed by atoms with Crippen LogP contribution in [0.5, 0.6) is 0 Å². The molecule has 0 aromatic rings. The SMILES string of the molecule is CO[C@H]1CC2C[C@]3(O)CCC(C)=C([C@@H](C)C(=O)[C@]2(C)[C@@H](C)C1)C3(C)C. The fourth-order valence-electron chi connectivity index (χ4n) is 6.53. The number of ketones is 1. The number of allylic oxidation sites excluding steroid dienone is 1. The van der Waals surface area contributed by atoms with Crippen LogP contribution in [-0.2, 0) is 9.53 Å². The Bertz CT molecular complexity index is 604. The lowest BCUT2D eigenvalue weighted by Crippen LogP contribution is -2.60. The monoisotopic (exact) mass is 348 g/mol. The van der Waals surface area contributed by atoms with Crippen LogP contribution in [0.1, 0.15) is 73.6 Å². The van der Waals surface area contributed by atoms with Crippen molar-refractivity contribution in [1.82, 2.24) is 0 Å². The first kappa shape index (κ1) is 19.1. The molecule has 3 heteroatoms. The van der Waals surface area contributed by atoms with Crippen molar-refractivity contribution in [3.05, 3.63) is 11.1 Å². The van der Waals surface area contributed by atoms with Gasteiger partial charge in [-0.15, -0.1) is 0 Å². The summed E-state index contributed by atoms with van der Waals surface area (Å²) in [5.41, 5.74) is 1.05. The highest BCUT2D eigenvalue weighted by molar-refractivity contribution is 5.90. The number of aliphatic hydroxyl groups is 1. The van der Waals surface area contributed by atoms with Crippen LogP contribution in [0.3, 0.4) is 0 Å². The van der Waals surface area contributed by atoms with Crippen molar-refractivity contribution >= 4 is 5.78 Å². The highest BCUT2D eigenvalue weighted by atomic mass is 16.5. The molecular weight excluding hydrogens is 312 g/mol. The maximum Gasteiger partial charge on any atom is 0.146 e. The highest BCUT2D eigenvalue weighted by Gasteiger charge is 2.60. The van der Waals surface area contributed by atoms with E-state index in [1.54, 1.807) is 7.11 Å². The van der Waals surface area contributed by atoms with Gasteiger partial charge in [0.1, 0.15) is 5.78 Å². The Morgan fingerprint density at radius 3 is 2.40 bits per heavy atom. The second-order valence-corrected chi connectivity index (χ2v) is 9.85. The van der Waals surface area contributed by atoms with Crippen molar-refractivity contribution in [2.24, 2.45) is 28.6 Å². The van der Waals surface area contributed by atoms with E-state index in [2.05, 4.69) is 41.5 Å². The summed E-state index contributed by atoms with van der Waals surface area (Å²) < 4.78 is 5.69. The van der Waals surface area contributed by atoms with Crippen molar-refractivity contribution < 1.29 is 14.6 Å². The van der Waals surface area contributed by atoms with Gasteiger partial charge in [-0.25, -0.2) is 0 Å². The molecule has 25 heavy (non-hydrogen) atoms. The molecule has 0 aromatic heterocycles. The average Bonchev–Trinajstić information content (AvgIpc) is 2.54. The molecule has 2 saturated carbocycles. The summed E-state index contributed by atoms with van der Waals surface area (Å²) in [6.45, 7) is 12.9. The number of methoxy groups -OCH3 is 1. The Balaban J connectivity index is 2.16. The average molecular weight is 349 g/mol. The predicted molar refractivity (Wildman–Crippen MR) is 100 cm³/mol. The van der Waals surface area contributed by atoms with Crippen LogP contribution >= 0.6 is 0 Å². The highest BCUT2D eigenvalue weighted by Crippen LogP contribution is 2.60. The van der Waals surface area contributed by atoms with Crippen molar-refractivity contribution in [3.8, 4) is 0 Å². The third kappa shape index (κ3) is 2.49. The van der Waals surface area contributed by atoms with Crippen LogP contribution in [0, 0.1) is 28.6 Å². The quantitative estimate of drug-likeness (QED) is 0.708. The Morgan fingerprint density at radius 2 is 1.80 bits per heavy atom. The summed E-state index contributed by atoms with van der Waals surface area (Å²) in [4.78, 5) is 13.7. The van der Waals surface area contributed by atoms with Crippen molar-refractivity contribution in [3.63, 3.8) is 0 Å². The summed E-state index contributed by atoms with van der Waals surface area (Å²) in [5.74, 6) is 0.722. The van der Waals surface area contributed by atoms with E-state index in [1.165, 1.54) is 11.1 Å². The molecule has 6 atom stereocenters. The van der Waals surface area contributed by atoms with Crippen LogP contribution in [-0.4, -0.2) is 29.7 Å². The molecule has 1 N–H and O–H groups in total. The first-order valence-electron chi connectivity index (χ1n) is 9.98. The maximum absolute atomic E-state index is 13.7. The number of carbonyl (C=O) groups excluding carboxylic acids is 1. The standard InChI is InChI=1S/C22H36O3/c1-13-8-9-22(24)12-16-11-17(25-7)10-14(2)21(16,6)19(23)15(3)18(13)20(22,4)5/h14-17,24H,8-12H2,1-7H3/t14-,15+,16?,17+,21+,22+/m0/s1. The molecule has 3 aliphatic carbocycles. The first-order valence-corrected chi connectivity index (χ1v) is 9.98. The van der Waals surface area contributed by atoms with Gasteiger partial charge >= 0.3 is 0 Å². The molecule has 2 fully saturated rings. The Labute approximate surface area is 153 Å². The minimum Gasteiger partial charge on any atom is -0.389 e. The third-order valence-corrected chi connectivity index (χ3v) is 8.52. The van der Waals surface area contributed by atoms with Crippen LogP contribution < -0.4 is 0 Å². The molecule has 0 heterocycles. The number of Topliss-reactive ketones (excluding diaryl/α,β-unsaturated/α-hetero) is 1. The zero-order chi connectivity index (χ0) is 18.8. The van der Waals surface area contributed by atoms with Gasteiger partial charge in [0.15, 0.2) is 0 Å². The lowest BCUT2D eigenvalue weighted by atomic mass is 9.47. The molecule has 2 bridgehead atoms. The van der Waals surface area contributed by atoms with Gasteiger partial charge in [-0.1, -0.05) is 45.8 Å². The lowest BCUT2D eigenvalue weighted by molar-refractivity contribution is -0.162. The van der Waals surface area contributed by atoms with Crippen molar-refractivity contribution in [2.45, 2.75) is 85.4 Å². The lowest BCUT2D eigenvalue weighted by Gasteiger charge is -2.58. The Morgan fingerprint density at radius 1 is 1.16 bits per heavy atom. The zero-order valence-corrected chi connectivity index (χ0v) is 17.1. The van der Waals surface area contributed by atoms with E-state index >= 15 is 0 Å². The van der Waals surface area contributed by atoms with Gasteiger partial charge in [-0.2, -0.15) is 0 Å². The normalized spacial score (nSPS) is 47.1. The molecule has 0 amide bonds. The Kier molecular flexibility index (Phi) is 4.52. The molecule has 1 unspecified atom stereocenters. The number of hydrogen-bond donors (Lipinski definition) is 1. The molecule has 0 radical (unpaired) electrons. The van der Waals surface area contributed by atoms with Crippen molar-refractivity contribution in [2.75, 3.05) is 7.11 Å². The van der Waals surface area contributed by atoms with Gasteiger partial charge < -0.3 is 9.84 Å². The summed E-state index contributed by atoms with van der Waals surface area (Å²) in [6.07, 6.45) is 4.42. The molecule has 0 spiro atoms. The zero-order valence-electron chi connectivity index (χ0n) is 17.1. The number of hydrogen-bond acceptors (Lipinski definition) is 3. The number of carbonyl (C=O) groups is 1. The van der Waals surface area contributed by atoms with Crippen LogP contribution in [0.4, 0.5) is 0 Å². The molecule has 0 aromatic carbocycles. The van der Waals surface area contributed by atoms with Crippen LogP contribution in [0.15, 0.2) is 11.1 Å². The van der Waals surface area contributed by atoms with E-state index in [1.807, 2.05) is 0 Å². The minimum absolute atomic E-state index is 0.115. The number of rotatable bonds is 1. The third-order valence-electron chi connectivity index (χ3n) is 8.52. The molecule has 0 saturated heterocycles. The molecule has 142 valence electrons. The summed E-state index contributed by atoms with van der Waals surface area (Å²) in [6, 6.07) is 0. The predicted octanol–water partition coefficient (Wildman–Crippen LogP) is 4.53. The molecule has 3 nitrogen and oxygen atoms in total. The summed E-state index contributed by atoms with van der Waals surface area (Å²) in [5, 5.41) is 11.8. The van der Waals surface area contributed by atoms with E-state index in [9.17, 15) is 9.90 Å². The maximum atomic E-state index is 13.7. The van der Waals surface area contributed by atoms with E-state index < -0.39 is 5.60 Å². The van der Waals surface area contributed by atoms with Gasteiger partial charge in [-0.05, 0) is 50.9 Å². The largest absolute Gasteiger partial charge is 0.389 e. The van der Waals surface area contributed by atoms with Gasteiger partial charge in [0.25, 0.3) is 0 Å². The van der Waals surface area contributed by atoms with Crippen LogP contribution in [0.25, 0.3) is 0 Å². The molecule has 0 aliphatic heterocycles. The second kappa shape index (κ2) is 5.92. The topological polar surface area (TPSA) is 46.5 Å². The molecule has 3 aliphatic rings. The van der Waals surface area contributed by atoms with Gasteiger partial charge in [0.2, 0.25) is 0 Å². The minimum atomic E-state index is -0.738. The second-order valence-electron chi connectivity index (χ2n) is 9.85. The smallest absolute Gasteiger partial charge is 0.146 e. The van der Waals surface area contributed by atoms with Gasteiger partial charge in [0, 0.05) is 23.9 Å². The van der Waals surface area contributed by atoms with Gasteiger partial charge in [-0.3, -0.25) is 4.79 Å². The fourth-order valence-corrected chi connectivity index (χ4v) is 6.53. The van der Waals surface area contributed by atoms with E-state index in [4.69, 9.17) is 4.74 Å². The fraction of sp³-hybridized carbons (Fsp3) is 0.864. The Hall–Kier alpha value is -0.670. The van der Waals surface area contributed by atoms with E-state index in [-0.39, 0.29) is 34.7 Å². The summed E-state index contributed by atoms with van der Waals surface area (Å²) >= 11 is 0.